The molecule has 1 heterocycles. The summed E-state index contributed by atoms with van der Waals surface area (Å²) in [4.78, 5) is 14.1. The monoisotopic (exact) mass is 321 g/mol. The van der Waals surface area contributed by atoms with E-state index in [0.717, 1.165) is 45.7 Å². The molecule has 116 valence electrons. The van der Waals surface area contributed by atoms with E-state index in [4.69, 9.17) is 5.26 Å². The smallest absolute Gasteiger partial charge is 0.191 e. The zero-order valence-corrected chi connectivity index (χ0v) is 13.9. The lowest BCUT2D eigenvalue weighted by atomic mass is 9.74. The van der Waals surface area contributed by atoms with Crippen LogP contribution >= 0.6 is 11.3 Å². The third kappa shape index (κ3) is 1.94. The maximum atomic E-state index is 12.8. The van der Waals surface area contributed by atoms with Crippen molar-refractivity contribution in [2.75, 3.05) is 0 Å². The Hall–Kier alpha value is -1.66. The van der Waals surface area contributed by atoms with Gasteiger partial charge in [0.05, 0.1) is 11.6 Å². The van der Waals surface area contributed by atoms with Gasteiger partial charge in [-0.1, -0.05) is 6.42 Å². The molecule has 3 aliphatic carbocycles. The minimum atomic E-state index is 0.214. The van der Waals surface area contributed by atoms with Gasteiger partial charge in [-0.15, -0.1) is 11.3 Å². The Morgan fingerprint density at radius 3 is 2.87 bits per heavy atom. The van der Waals surface area contributed by atoms with E-state index >= 15 is 0 Å². The van der Waals surface area contributed by atoms with E-state index in [1.807, 2.05) is 12.1 Å². The Labute approximate surface area is 139 Å². The summed E-state index contributed by atoms with van der Waals surface area (Å²) in [7, 11) is 0. The molecule has 3 aliphatic rings. The second-order valence-corrected chi connectivity index (χ2v) is 8.82. The molecule has 1 spiro atoms. The average molecular weight is 321 g/mol. The third-order valence-electron chi connectivity index (χ3n) is 6.58. The predicted octanol–water partition coefficient (Wildman–Crippen LogP) is 4.43. The van der Waals surface area contributed by atoms with Gasteiger partial charge >= 0.3 is 0 Å². The van der Waals surface area contributed by atoms with Crippen molar-refractivity contribution in [3.05, 3.63) is 44.4 Å². The van der Waals surface area contributed by atoms with Crippen molar-refractivity contribution >= 4 is 21.4 Å². The van der Waals surface area contributed by atoms with E-state index in [-0.39, 0.29) is 5.43 Å². The van der Waals surface area contributed by atoms with Crippen molar-refractivity contribution < 1.29 is 0 Å². The summed E-state index contributed by atoms with van der Waals surface area (Å²) in [6, 6.07) is 7.67. The fourth-order valence-electron chi connectivity index (χ4n) is 5.03. The highest BCUT2D eigenvalue weighted by Gasteiger charge is 2.59. The molecule has 2 saturated carbocycles. The summed E-state index contributed by atoms with van der Waals surface area (Å²) in [5.74, 6) is 1.71. The number of fused-ring (bicyclic) bond motifs is 2. The molecule has 0 aliphatic heterocycles. The van der Waals surface area contributed by atoms with Gasteiger partial charge < -0.3 is 0 Å². The molecule has 2 unspecified atom stereocenters. The highest BCUT2D eigenvalue weighted by Crippen LogP contribution is 2.69. The van der Waals surface area contributed by atoms with E-state index in [1.165, 1.54) is 37.0 Å². The largest absolute Gasteiger partial charge is 0.289 e. The Bertz CT molecular complexity index is 916. The summed E-state index contributed by atoms with van der Waals surface area (Å²) >= 11 is 1.76. The van der Waals surface area contributed by atoms with E-state index in [2.05, 4.69) is 6.07 Å². The Kier molecular flexibility index (Phi) is 2.79. The van der Waals surface area contributed by atoms with Crippen LogP contribution in [0.3, 0.4) is 0 Å². The molecular weight excluding hydrogens is 302 g/mol. The highest BCUT2D eigenvalue weighted by atomic mass is 32.1. The van der Waals surface area contributed by atoms with Gasteiger partial charge in [0.1, 0.15) is 0 Å². The van der Waals surface area contributed by atoms with Crippen LogP contribution in [0.5, 0.6) is 0 Å². The fourth-order valence-corrected chi connectivity index (χ4v) is 6.37. The first-order chi connectivity index (χ1) is 11.2. The van der Waals surface area contributed by atoms with Crippen molar-refractivity contribution in [3.63, 3.8) is 0 Å². The lowest BCUT2D eigenvalue weighted by Gasteiger charge is -2.31. The lowest BCUT2D eigenvalue weighted by Crippen LogP contribution is -2.25. The standard InChI is InChI=1S/C20H19NOS/c21-11-12-2-4-14-17(8-12)23-18-9-13(3-5-15(18)19(14)22)16-10-20(16)6-1-7-20/h2,4,8,13,16H,1,3,5-7,9-10H2. The van der Waals surface area contributed by atoms with Crippen molar-refractivity contribution in [3.8, 4) is 6.07 Å². The zero-order valence-electron chi connectivity index (χ0n) is 13.1. The van der Waals surface area contributed by atoms with E-state index in [0.29, 0.717) is 5.56 Å². The number of hydrogen-bond donors (Lipinski definition) is 0. The molecule has 0 N–H and O–H groups in total. The summed E-state index contributed by atoms with van der Waals surface area (Å²) in [6.45, 7) is 0. The van der Waals surface area contributed by atoms with E-state index in [9.17, 15) is 4.79 Å². The molecule has 2 atom stereocenters. The topological polar surface area (TPSA) is 40.9 Å². The number of rotatable bonds is 1. The third-order valence-corrected chi connectivity index (χ3v) is 7.80. The minimum Gasteiger partial charge on any atom is -0.289 e. The van der Waals surface area contributed by atoms with Crippen molar-refractivity contribution in [1.82, 2.24) is 0 Å². The van der Waals surface area contributed by atoms with Gasteiger partial charge in [-0.3, -0.25) is 4.79 Å². The summed E-state index contributed by atoms with van der Waals surface area (Å²) in [5.41, 5.74) is 2.64. The normalized spacial score (nSPS) is 27.3. The van der Waals surface area contributed by atoms with Crippen LogP contribution in [0.4, 0.5) is 0 Å². The van der Waals surface area contributed by atoms with Crippen LogP contribution in [0, 0.1) is 28.6 Å². The first-order valence-electron chi connectivity index (χ1n) is 8.69. The first kappa shape index (κ1) is 13.7. The number of nitrogens with zero attached hydrogens (tertiary/aromatic N) is 1. The van der Waals surface area contributed by atoms with Crippen LogP contribution in [0.15, 0.2) is 23.0 Å². The van der Waals surface area contributed by atoms with Crippen LogP contribution in [-0.2, 0) is 12.8 Å². The molecule has 5 rings (SSSR count). The second kappa shape index (κ2) is 4.68. The van der Waals surface area contributed by atoms with Crippen LogP contribution < -0.4 is 5.43 Å². The van der Waals surface area contributed by atoms with Gasteiger partial charge in [0.25, 0.3) is 0 Å². The molecule has 3 heteroatoms. The quantitative estimate of drug-likeness (QED) is 0.779. The molecule has 0 bridgehead atoms. The molecule has 1 aromatic carbocycles. The maximum absolute atomic E-state index is 12.8. The van der Waals surface area contributed by atoms with E-state index in [1.54, 1.807) is 17.4 Å². The molecule has 0 amide bonds. The molecule has 1 aromatic heterocycles. The Morgan fingerprint density at radius 2 is 2.17 bits per heavy atom. The minimum absolute atomic E-state index is 0.214. The zero-order chi connectivity index (χ0) is 15.6. The van der Waals surface area contributed by atoms with Crippen LogP contribution in [0.25, 0.3) is 10.1 Å². The number of benzene rings is 1. The van der Waals surface area contributed by atoms with Gasteiger partial charge in [0.15, 0.2) is 5.43 Å². The molecular formula is C20H19NOS. The van der Waals surface area contributed by atoms with Crippen LogP contribution in [-0.4, -0.2) is 0 Å². The van der Waals surface area contributed by atoms with Gasteiger partial charge in [-0.2, -0.15) is 5.26 Å². The fraction of sp³-hybridized carbons (Fsp3) is 0.500. The SMILES string of the molecule is N#Cc1ccc2c(=O)c3c(sc2c1)CC(C1CC12CCC2)CC3. The second-order valence-electron chi connectivity index (χ2n) is 7.69. The lowest BCUT2D eigenvalue weighted by molar-refractivity contribution is 0.218. The van der Waals surface area contributed by atoms with Crippen molar-refractivity contribution in [2.45, 2.75) is 44.9 Å². The predicted molar refractivity (Wildman–Crippen MR) is 92.7 cm³/mol. The molecule has 2 fully saturated rings. The molecule has 0 radical (unpaired) electrons. The van der Waals surface area contributed by atoms with E-state index < -0.39 is 0 Å². The first-order valence-corrected chi connectivity index (χ1v) is 9.51. The van der Waals surface area contributed by atoms with Crippen molar-refractivity contribution in [1.29, 1.82) is 5.26 Å². The van der Waals surface area contributed by atoms with Gasteiger partial charge in [-0.25, -0.2) is 0 Å². The maximum Gasteiger partial charge on any atom is 0.191 e. The average Bonchev–Trinajstić information content (AvgIpc) is 3.30. The summed E-state index contributed by atoms with van der Waals surface area (Å²) in [6.07, 6.45) is 9.00. The summed E-state index contributed by atoms with van der Waals surface area (Å²) in [5, 5.41) is 9.89. The molecule has 0 saturated heterocycles. The summed E-state index contributed by atoms with van der Waals surface area (Å²) < 4.78 is 0.989. The van der Waals surface area contributed by atoms with Crippen LogP contribution in [0.1, 0.15) is 48.1 Å². The Morgan fingerprint density at radius 1 is 1.30 bits per heavy atom. The molecule has 2 nitrogen and oxygen atoms in total. The Balaban J connectivity index is 1.54. The van der Waals surface area contributed by atoms with Crippen molar-refractivity contribution in [2.24, 2.45) is 17.3 Å². The molecule has 2 aromatic rings. The van der Waals surface area contributed by atoms with Gasteiger partial charge in [0.2, 0.25) is 0 Å². The van der Waals surface area contributed by atoms with Gasteiger partial charge in [-0.05, 0) is 74.0 Å². The molecule has 23 heavy (non-hydrogen) atoms. The van der Waals surface area contributed by atoms with Crippen LogP contribution in [0.2, 0.25) is 0 Å². The number of hydrogen-bond acceptors (Lipinski definition) is 3. The highest BCUT2D eigenvalue weighted by molar-refractivity contribution is 7.18. The number of nitriles is 1. The van der Waals surface area contributed by atoms with Gasteiger partial charge in [0, 0.05) is 20.5 Å².